The van der Waals surface area contributed by atoms with E-state index in [1.165, 1.54) is 0 Å². The first kappa shape index (κ1) is 20.7. The Bertz CT molecular complexity index is 1250. The van der Waals surface area contributed by atoms with Crippen LogP contribution in [-0.4, -0.2) is 44.8 Å². The average Bonchev–Trinajstić information content (AvgIpc) is 3.42. The fraction of sp³-hybridized carbons (Fsp3) is 0.261. The van der Waals surface area contributed by atoms with Crippen molar-refractivity contribution in [1.29, 1.82) is 0 Å². The number of halogens is 1. The van der Waals surface area contributed by atoms with Crippen molar-refractivity contribution in [2.75, 3.05) is 23.3 Å². The SMILES string of the molecule is N[C@@H]1CCCN(c2c(Br)cnc3[nH]cc(NC(=O)c4cnn(Cc5ccccc5)c4)c23)C1. The van der Waals surface area contributed by atoms with Crippen LogP contribution in [0.25, 0.3) is 11.0 Å². The van der Waals surface area contributed by atoms with Gasteiger partial charge >= 0.3 is 0 Å². The van der Waals surface area contributed by atoms with Gasteiger partial charge in [-0.25, -0.2) is 4.98 Å². The standard InChI is InChI=1S/C23H24BrN7O/c24-18-10-26-22-20(21(18)30-8-4-7-17(25)14-30)19(11-27-22)29-23(32)16-9-28-31(13-16)12-15-5-2-1-3-6-15/h1-3,5-6,9-11,13,17H,4,7-8,12,14,25H2,(H,26,27)(H,29,32)/t17-/m1/s1. The number of hydrogen-bond donors (Lipinski definition) is 3. The quantitative estimate of drug-likeness (QED) is 0.392. The second kappa shape index (κ2) is 8.76. The van der Waals surface area contributed by atoms with Gasteiger partial charge < -0.3 is 20.9 Å². The van der Waals surface area contributed by atoms with Gasteiger partial charge in [0.05, 0.1) is 39.5 Å². The van der Waals surface area contributed by atoms with E-state index >= 15 is 0 Å². The highest BCUT2D eigenvalue weighted by atomic mass is 79.9. The minimum atomic E-state index is -0.216. The molecule has 4 aromatic rings. The van der Waals surface area contributed by atoms with Gasteiger partial charge in [0, 0.05) is 37.7 Å². The Kier molecular flexibility index (Phi) is 5.67. The molecular weight excluding hydrogens is 470 g/mol. The Morgan fingerprint density at radius 3 is 2.94 bits per heavy atom. The van der Waals surface area contributed by atoms with Crippen LogP contribution in [-0.2, 0) is 6.54 Å². The summed E-state index contributed by atoms with van der Waals surface area (Å²) in [6, 6.07) is 10.2. The molecule has 5 rings (SSSR count). The first-order chi connectivity index (χ1) is 15.6. The van der Waals surface area contributed by atoms with Crippen molar-refractivity contribution in [3.8, 4) is 0 Å². The minimum Gasteiger partial charge on any atom is -0.368 e. The van der Waals surface area contributed by atoms with E-state index < -0.39 is 0 Å². The highest BCUT2D eigenvalue weighted by molar-refractivity contribution is 9.10. The summed E-state index contributed by atoms with van der Waals surface area (Å²) in [6.45, 7) is 2.29. The molecule has 4 N–H and O–H groups in total. The molecule has 0 unspecified atom stereocenters. The van der Waals surface area contributed by atoms with Gasteiger partial charge in [-0.3, -0.25) is 9.48 Å². The number of carbonyl (C=O) groups is 1. The van der Waals surface area contributed by atoms with Crippen molar-refractivity contribution in [2.24, 2.45) is 5.73 Å². The third-order valence-corrected chi connectivity index (χ3v) is 6.31. The molecule has 1 aliphatic heterocycles. The van der Waals surface area contributed by atoms with E-state index in [9.17, 15) is 4.79 Å². The van der Waals surface area contributed by atoms with Crippen molar-refractivity contribution in [1.82, 2.24) is 19.7 Å². The first-order valence-electron chi connectivity index (χ1n) is 10.6. The van der Waals surface area contributed by atoms with Crippen molar-refractivity contribution >= 4 is 44.2 Å². The lowest BCUT2D eigenvalue weighted by Gasteiger charge is -2.33. The Morgan fingerprint density at radius 2 is 2.12 bits per heavy atom. The number of benzene rings is 1. The number of H-pyrrole nitrogens is 1. The smallest absolute Gasteiger partial charge is 0.258 e. The second-order valence-electron chi connectivity index (χ2n) is 8.10. The van der Waals surface area contributed by atoms with E-state index in [2.05, 4.69) is 41.2 Å². The first-order valence-corrected chi connectivity index (χ1v) is 11.4. The molecular formula is C23H24BrN7O. The molecule has 9 heteroatoms. The van der Waals surface area contributed by atoms with Crippen molar-refractivity contribution < 1.29 is 4.79 Å². The zero-order valence-electron chi connectivity index (χ0n) is 17.5. The fourth-order valence-corrected chi connectivity index (χ4v) is 4.76. The average molecular weight is 494 g/mol. The van der Waals surface area contributed by atoms with Gasteiger partial charge in [-0.1, -0.05) is 30.3 Å². The lowest BCUT2D eigenvalue weighted by atomic mass is 10.1. The van der Waals surface area contributed by atoms with Crippen molar-refractivity contribution in [3.05, 3.63) is 70.7 Å². The highest BCUT2D eigenvalue weighted by Gasteiger charge is 2.24. The Morgan fingerprint density at radius 1 is 1.28 bits per heavy atom. The van der Waals surface area contributed by atoms with E-state index in [1.807, 2.05) is 30.3 Å². The van der Waals surface area contributed by atoms with Crippen LogP contribution in [0.4, 0.5) is 11.4 Å². The van der Waals surface area contributed by atoms with Crippen LogP contribution in [0, 0.1) is 0 Å². The molecule has 1 atom stereocenters. The molecule has 0 aliphatic carbocycles. The molecule has 32 heavy (non-hydrogen) atoms. The lowest BCUT2D eigenvalue weighted by molar-refractivity contribution is 0.102. The Hall–Kier alpha value is -3.17. The van der Waals surface area contributed by atoms with Crippen LogP contribution >= 0.6 is 15.9 Å². The van der Waals surface area contributed by atoms with Crippen LogP contribution in [0.1, 0.15) is 28.8 Å². The number of amides is 1. The molecule has 0 spiro atoms. The molecule has 4 heterocycles. The van der Waals surface area contributed by atoms with Crippen LogP contribution in [0.5, 0.6) is 0 Å². The number of carbonyl (C=O) groups excluding carboxylic acids is 1. The summed E-state index contributed by atoms with van der Waals surface area (Å²) in [5, 5.41) is 8.25. The maximum absolute atomic E-state index is 13.0. The minimum absolute atomic E-state index is 0.131. The molecule has 8 nitrogen and oxygen atoms in total. The monoisotopic (exact) mass is 493 g/mol. The molecule has 1 aromatic carbocycles. The summed E-state index contributed by atoms with van der Waals surface area (Å²) < 4.78 is 2.64. The van der Waals surface area contributed by atoms with Crippen LogP contribution < -0.4 is 16.0 Å². The number of aromatic amines is 1. The summed E-state index contributed by atoms with van der Waals surface area (Å²) in [5.41, 5.74) is 10.3. The predicted octanol–water partition coefficient (Wildman–Crippen LogP) is 3.75. The molecule has 0 radical (unpaired) electrons. The summed E-state index contributed by atoms with van der Waals surface area (Å²) >= 11 is 3.65. The van der Waals surface area contributed by atoms with Gasteiger partial charge in [-0.05, 0) is 34.3 Å². The number of rotatable bonds is 5. The topological polar surface area (TPSA) is 105 Å². The molecule has 1 fully saturated rings. The molecule has 1 saturated heterocycles. The lowest BCUT2D eigenvalue weighted by Crippen LogP contribution is -2.43. The fourth-order valence-electron chi connectivity index (χ4n) is 4.21. The van der Waals surface area contributed by atoms with Crippen LogP contribution in [0.15, 0.2) is 59.6 Å². The number of pyridine rings is 1. The molecule has 1 aliphatic rings. The van der Waals surface area contributed by atoms with Crippen LogP contribution in [0.3, 0.4) is 0 Å². The molecule has 0 saturated carbocycles. The number of nitrogens with two attached hydrogens (primary N) is 1. The third-order valence-electron chi connectivity index (χ3n) is 5.73. The number of fused-ring (bicyclic) bond motifs is 1. The van der Waals surface area contributed by atoms with E-state index in [4.69, 9.17) is 5.73 Å². The zero-order chi connectivity index (χ0) is 22.1. The number of hydrogen-bond acceptors (Lipinski definition) is 5. The normalized spacial score (nSPS) is 16.4. The molecule has 1 amide bonds. The number of nitrogens with one attached hydrogen (secondary N) is 2. The van der Waals surface area contributed by atoms with E-state index in [1.54, 1.807) is 29.5 Å². The van der Waals surface area contributed by atoms with E-state index in [0.29, 0.717) is 17.8 Å². The summed E-state index contributed by atoms with van der Waals surface area (Å²) in [7, 11) is 0. The second-order valence-corrected chi connectivity index (χ2v) is 8.95. The molecule has 164 valence electrons. The number of aromatic nitrogens is 4. The third kappa shape index (κ3) is 4.13. The Balaban J connectivity index is 1.41. The molecule has 0 bridgehead atoms. The number of nitrogens with zero attached hydrogens (tertiary/aromatic N) is 4. The Labute approximate surface area is 193 Å². The maximum Gasteiger partial charge on any atom is 0.258 e. The van der Waals surface area contributed by atoms with Crippen molar-refractivity contribution in [3.63, 3.8) is 0 Å². The summed E-state index contributed by atoms with van der Waals surface area (Å²) in [4.78, 5) is 22.9. The summed E-state index contributed by atoms with van der Waals surface area (Å²) in [5.74, 6) is -0.216. The van der Waals surface area contributed by atoms with Crippen LogP contribution in [0.2, 0.25) is 0 Å². The van der Waals surface area contributed by atoms with E-state index in [0.717, 1.165) is 52.7 Å². The number of piperidine rings is 1. The maximum atomic E-state index is 13.0. The van der Waals surface area contributed by atoms with Gasteiger partial charge in [0.2, 0.25) is 0 Å². The number of anilines is 2. The zero-order valence-corrected chi connectivity index (χ0v) is 19.0. The van der Waals surface area contributed by atoms with E-state index in [-0.39, 0.29) is 11.9 Å². The highest BCUT2D eigenvalue weighted by Crippen LogP contribution is 2.38. The van der Waals surface area contributed by atoms with Gasteiger partial charge in [-0.2, -0.15) is 5.10 Å². The van der Waals surface area contributed by atoms with Gasteiger partial charge in [0.1, 0.15) is 5.65 Å². The van der Waals surface area contributed by atoms with Gasteiger partial charge in [0.25, 0.3) is 5.91 Å². The largest absolute Gasteiger partial charge is 0.368 e. The van der Waals surface area contributed by atoms with Gasteiger partial charge in [0.15, 0.2) is 0 Å². The van der Waals surface area contributed by atoms with Gasteiger partial charge in [-0.15, -0.1) is 0 Å². The predicted molar refractivity (Wildman–Crippen MR) is 129 cm³/mol. The van der Waals surface area contributed by atoms with Crippen molar-refractivity contribution in [2.45, 2.75) is 25.4 Å². The summed E-state index contributed by atoms with van der Waals surface area (Å²) in [6.07, 6.45) is 8.97. The molecule has 3 aromatic heterocycles.